The number of carbonyl (C=O) groups is 1. The molecule has 0 aliphatic carbocycles. The van der Waals surface area contributed by atoms with E-state index >= 15 is 0 Å². The number of nitro groups is 1. The maximum atomic E-state index is 12.5. The van der Waals surface area contributed by atoms with Crippen LogP contribution in [0.5, 0.6) is 0 Å². The number of hydrazone groups is 1. The number of amides is 1. The van der Waals surface area contributed by atoms with E-state index in [0.717, 1.165) is 30.1 Å². The van der Waals surface area contributed by atoms with E-state index in [2.05, 4.69) is 43.1 Å². The maximum absolute atomic E-state index is 12.5. The number of anilines is 1. The zero-order valence-electron chi connectivity index (χ0n) is 20.0. The first kappa shape index (κ1) is 26.4. The van der Waals surface area contributed by atoms with E-state index in [-0.39, 0.29) is 16.8 Å². The van der Waals surface area contributed by atoms with Crippen LogP contribution in [0.15, 0.2) is 53.6 Å². The van der Waals surface area contributed by atoms with Crippen molar-refractivity contribution in [3.63, 3.8) is 0 Å². The van der Waals surface area contributed by atoms with Gasteiger partial charge in [-0.1, -0.05) is 58.0 Å². The molecule has 8 heteroatoms. The second kappa shape index (κ2) is 13.0. The van der Waals surface area contributed by atoms with Gasteiger partial charge >= 0.3 is 0 Å². The standard InChI is InChI=1S/C25H34N4O3S/c1-18(2)15-28(16-19(3)4)24-12-11-23(29(31)32)13-22(24)14-26-27-25(30)20(5)33-17-21-9-7-6-8-10-21/h6-14,18-20H,15-17H2,1-5H3,(H,27,30). The molecular weight excluding hydrogens is 436 g/mol. The van der Waals surface area contributed by atoms with Crippen molar-refractivity contribution in [2.24, 2.45) is 16.9 Å². The molecule has 0 radical (unpaired) electrons. The van der Waals surface area contributed by atoms with Crippen LogP contribution < -0.4 is 10.3 Å². The first-order valence-corrected chi connectivity index (χ1v) is 12.2. The van der Waals surface area contributed by atoms with E-state index in [9.17, 15) is 14.9 Å². The highest BCUT2D eigenvalue weighted by Crippen LogP contribution is 2.26. The summed E-state index contributed by atoms with van der Waals surface area (Å²) in [5.41, 5.74) is 5.21. The summed E-state index contributed by atoms with van der Waals surface area (Å²) in [5, 5.41) is 15.2. The molecular formula is C25H34N4O3S. The zero-order valence-corrected chi connectivity index (χ0v) is 20.8. The van der Waals surface area contributed by atoms with Gasteiger partial charge in [-0.05, 0) is 30.4 Å². The van der Waals surface area contributed by atoms with Gasteiger partial charge in [0.2, 0.25) is 0 Å². The number of thioether (sulfide) groups is 1. The normalized spacial score (nSPS) is 12.3. The Hall–Kier alpha value is -2.87. The minimum absolute atomic E-state index is 0.00708. The lowest BCUT2D eigenvalue weighted by Crippen LogP contribution is -2.32. The van der Waals surface area contributed by atoms with Crippen molar-refractivity contribution in [1.82, 2.24) is 5.43 Å². The number of hydrogen-bond acceptors (Lipinski definition) is 6. The van der Waals surface area contributed by atoms with E-state index in [1.165, 1.54) is 30.1 Å². The minimum Gasteiger partial charge on any atom is -0.370 e. The van der Waals surface area contributed by atoms with Crippen molar-refractivity contribution in [2.75, 3.05) is 18.0 Å². The van der Waals surface area contributed by atoms with E-state index in [4.69, 9.17) is 0 Å². The van der Waals surface area contributed by atoms with Gasteiger partial charge in [0, 0.05) is 42.2 Å². The van der Waals surface area contributed by atoms with E-state index in [0.29, 0.717) is 17.4 Å². The van der Waals surface area contributed by atoms with Gasteiger partial charge in [0.1, 0.15) is 0 Å². The molecule has 0 fully saturated rings. The third-order valence-corrected chi connectivity index (χ3v) is 6.04. The van der Waals surface area contributed by atoms with Crippen LogP contribution >= 0.6 is 11.8 Å². The first-order valence-electron chi connectivity index (χ1n) is 11.2. The molecule has 0 bridgehead atoms. The lowest BCUT2D eigenvalue weighted by atomic mass is 10.1. The summed E-state index contributed by atoms with van der Waals surface area (Å²) in [7, 11) is 0. The zero-order chi connectivity index (χ0) is 24.4. The summed E-state index contributed by atoms with van der Waals surface area (Å²) in [4.78, 5) is 25.6. The fourth-order valence-corrected chi connectivity index (χ4v) is 4.17. The van der Waals surface area contributed by atoms with Crippen molar-refractivity contribution in [1.29, 1.82) is 0 Å². The van der Waals surface area contributed by atoms with Gasteiger partial charge in [0.05, 0.1) is 16.4 Å². The van der Waals surface area contributed by atoms with Gasteiger partial charge in [0.25, 0.3) is 11.6 Å². The second-order valence-electron chi connectivity index (χ2n) is 8.87. The summed E-state index contributed by atoms with van der Waals surface area (Å²) in [6.07, 6.45) is 1.50. The average molecular weight is 471 g/mol. The molecule has 0 saturated heterocycles. The molecule has 1 N–H and O–H groups in total. The molecule has 0 aliphatic heterocycles. The molecule has 2 aromatic rings. The highest BCUT2D eigenvalue weighted by molar-refractivity contribution is 7.99. The van der Waals surface area contributed by atoms with E-state index in [1.54, 1.807) is 6.07 Å². The molecule has 0 saturated carbocycles. The van der Waals surface area contributed by atoms with Crippen LogP contribution in [-0.4, -0.2) is 35.4 Å². The van der Waals surface area contributed by atoms with E-state index < -0.39 is 4.92 Å². The van der Waals surface area contributed by atoms with Gasteiger partial charge < -0.3 is 4.90 Å². The number of nitro benzene ring substituents is 1. The van der Waals surface area contributed by atoms with Crippen molar-refractivity contribution in [3.05, 3.63) is 69.8 Å². The summed E-state index contributed by atoms with van der Waals surface area (Å²) in [5.74, 6) is 1.37. The van der Waals surface area contributed by atoms with Gasteiger partial charge in [-0.3, -0.25) is 14.9 Å². The molecule has 2 aromatic carbocycles. The lowest BCUT2D eigenvalue weighted by Gasteiger charge is -2.29. The highest BCUT2D eigenvalue weighted by atomic mass is 32.2. The van der Waals surface area contributed by atoms with Crippen LogP contribution in [0.25, 0.3) is 0 Å². The fraction of sp³-hybridized carbons (Fsp3) is 0.440. The quantitative estimate of drug-likeness (QED) is 0.252. The number of nitrogens with one attached hydrogen (secondary N) is 1. The molecule has 33 heavy (non-hydrogen) atoms. The summed E-state index contributed by atoms with van der Waals surface area (Å²) in [6, 6.07) is 14.8. The largest absolute Gasteiger partial charge is 0.370 e. The van der Waals surface area contributed by atoms with Crippen molar-refractivity contribution >= 4 is 35.3 Å². The Morgan fingerprint density at radius 1 is 1.09 bits per heavy atom. The van der Waals surface area contributed by atoms with Crippen molar-refractivity contribution < 1.29 is 9.72 Å². The van der Waals surface area contributed by atoms with Crippen LogP contribution in [-0.2, 0) is 10.5 Å². The highest BCUT2D eigenvalue weighted by Gasteiger charge is 2.18. The Kier molecular flexibility index (Phi) is 10.4. The SMILES string of the molecule is CC(C)CN(CC(C)C)c1ccc([N+](=O)[O-])cc1C=NNC(=O)C(C)SCc1ccccc1. The van der Waals surface area contributed by atoms with Gasteiger partial charge in [0.15, 0.2) is 0 Å². The Morgan fingerprint density at radius 2 is 1.73 bits per heavy atom. The van der Waals surface area contributed by atoms with Crippen LogP contribution in [0.4, 0.5) is 11.4 Å². The Balaban J connectivity index is 2.14. The Morgan fingerprint density at radius 3 is 2.30 bits per heavy atom. The predicted octanol–water partition coefficient (Wildman–Crippen LogP) is 5.49. The van der Waals surface area contributed by atoms with Crippen LogP contribution in [0.2, 0.25) is 0 Å². The minimum atomic E-state index is -0.419. The number of non-ortho nitro benzene ring substituents is 1. The third kappa shape index (κ3) is 8.88. The molecule has 0 aliphatic rings. The monoisotopic (exact) mass is 470 g/mol. The fourth-order valence-electron chi connectivity index (χ4n) is 3.33. The molecule has 178 valence electrons. The maximum Gasteiger partial charge on any atom is 0.270 e. The summed E-state index contributed by atoms with van der Waals surface area (Å²) in [6.45, 7) is 12.0. The molecule has 0 heterocycles. The first-order chi connectivity index (χ1) is 15.7. The Bertz CT molecular complexity index is 938. The molecule has 7 nitrogen and oxygen atoms in total. The average Bonchev–Trinajstić information content (AvgIpc) is 2.76. The molecule has 1 atom stereocenters. The number of nitrogens with zero attached hydrogens (tertiary/aromatic N) is 3. The molecule has 0 spiro atoms. The smallest absolute Gasteiger partial charge is 0.270 e. The number of hydrogen-bond donors (Lipinski definition) is 1. The van der Waals surface area contributed by atoms with Crippen molar-refractivity contribution in [2.45, 2.75) is 45.6 Å². The van der Waals surface area contributed by atoms with Crippen LogP contribution in [0.1, 0.15) is 45.7 Å². The van der Waals surface area contributed by atoms with Crippen LogP contribution in [0.3, 0.4) is 0 Å². The number of benzene rings is 2. The van der Waals surface area contributed by atoms with E-state index in [1.807, 2.05) is 37.3 Å². The van der Waals surface area contributed by atoms with Crippen LogP contribution in [0, 0.1) is 22.0 Å². The van der Waals surface area contributed by atoms with Crippen molar-refractivity contribution in [3.8, 4) is 0 Å². The number of rotatable bonds is 12. The third-order valence-electron chi connectivity index (χ3n) is 4.82. The molecule has 0 aromatic heterocycles. The predicted molar refractivity (Wildman–Crippen MR) is 138 cm³/mol. The molecule has 2 rings (SSSR count). The summed E-state index contributed by atoms with van der Waals surface area (Å²) < 4.78 is 0. The number of carbonyl (C=O) groups excluding carboxylic acids is 1. The topological polar surface area (TPSA) is 87.8 Å². The van der Waals surface area contributed by atoms with Gasteiger partial charge in [-0.2, -0.15) is 5.10 Å². The van der Waals surface area contributed by atoms with Gasteiger partial charge in [-0.15, -0.1) is 11.8 Å². The lowest BCUT2D eigenvalue weighted by molar-refractivity contribution is -0.384. The van der Waals surface area contributed by atoms with Gasteiger partial charge in [-0.25, -0.2) is 5.43 Å². The summed E-state index contributed by atoms with van der Waals surface area (Å²) >= 11 is 1.53. The Labute approximate surface area is 200 Å². The molecule has 1 unspecified atom stereocenters. The second-order valence-corrected chi connectivity index (χ2v) is 10.2. The molecule has 1 amide bonds.